The van der Waals surface area contributed by atoms with Gasteiger partial charge >= 0.3 is 0 Å². The minimum Gasteiger partial charge on any atom is -0.144 e. The number of alkyl halides is 1. The molecule has 1 heterocycles. The fourth-order valence-corrected chi connectivity index (χ4v) is 1.56. The van der Waals surface area contributed by atoms with Crippen LogP contribution < -0.4 is 0 Å². The summed E-state index contributed by atoms with van der Waals surface area (Å²) in [6.45, 7) is 0. The van der Waals surface area contributed by atoms with Crippen LogP contribution in [-0.4, -0.2) is 5.33 Å². The minimum absolute atomic E-state index is 1.05. The molecule has 1 aromatic heterocycles. The van der Waals surface area contributed by atoms with Gasteiger partial charge in [-0.25, -0.2) is 0 Å². The molecule has 0 saturated carbocycles. The lowest BCUT2D eigenvalue weighted by molar-refractivity contribution is 1.27. The van der Waals surface area contributed by atoms with Crippen LogP contribution in [0.15, 0.2) is 23.6 Å². The van der Waals surface area contributed by atoms with Crippen molar-refractivity contribution in [2.24, 2.45) is 0 Å². The summed E-state index contributed by atoms with van der Waals surface area (Å²) in [7, 11) is 0. The van der Waals surface area contributed by atoms with Crippen molar-refractivity contribution in [3.8, 4) is 0 Å². The summed E-state index contributed by atoms with van der Waals surface area (Å²) in [5, 5.41) is 3.14. The molecule has 54 valence electrons. The molecule has 0 bridgehead atoms. The third-order valence-corrected chi connectivity index (χ3v) is 2.40. The standard InChI is InChI=1S/C8H9BrS/c9-6-2-1-4-8-5-3-7-10-8/h1,3-5,7H,2,6H2/b4-1+. The number of hydrogen-bond donors (Lipinski definition) is 0. The fourth-order valence-electron chi connectivity index (χ4n) is 0.649. The second kappa shape index (κ2) is 4.69. The Hall–Kier alpha value is -0.0800. The maximum atomic E-state index is 3.37. The molecule has 0 aliphatic rings. The zero-order chi connectivity index (χ0) is 7.23. The van der Waals surface area contributed by atoms with Gasteiger partial charge in [0.05, 0.1) is 0 Å². The second-order valence-corrected chi connectivity index (χ2v) is 3.67. The monoisotopic (exact) mass is 216 g/mol. The maximum absolute atomic E-state index is 3.37. The SMILES string of the molecule is BrCC/C=C/c1cccs1. The highest BCUT2D eigenvalue weighted by atomic mass is 79.9. The second-order valence-electron chi connectivity index (χ2n) is 1.90. The van der Waals surface area contributed by atoms with Gasteiger partial charge in [0.25, 0.3) is 0 Å². The first kappa shape index (κ1) is 8.02. The Morgan fingerprint density at radius 3 is 3.10 bits per heavy atom. The molecule has 1 aromatic rings. The Morgan fingerprint density at radius 1 is 1.60 bits per heavy atom. The van der Waals surface area contributed by atoms with E-state index in [1.807, 2.05) is 0 Å². The van der Waals surface area contributed by atoms with E-state index >= 15 is 0 Å². The first-order valence-corrected chi connectivity index (χ1v) is 5.19. The van der Waals surface area contributed by atoms with Gasteiger partial charge in [0.1, 0.15) is 0 Å². The molecule has 0 N–H and O–H groups in total. The van der Waals surface area contributed by atoms with E-state index in [9.17, 15) is 0 Å². The normalized spacial score (nSPS) is 10.9. The van der Waals surface area contributed by atoms with Gasteiger partial charge in [0.2, 0.25) is 0 Å². The largest absolute Gasteiger partial charge is 0.144 e. The highest BCUT2D eigenvalue weighted by Crippen LogP contribution is 2.10. The molecule has 0 radical (unpaired) electrons. The Kier molecular flexibility index (Phi) is 3.76. The predicted octanol–water partition coefficient (Wildman–Crippen LogP) is 3.55. The molecular weight excluding hydrogens is 208 g/mol. The van der Waals surface area contributed by atoms with Gasteiger partial charge in [0.15, 0.2) is 0 Å². The highest BCUT2D eigenvalue weighted by Gasteiger charge is 1.83. The minimum atomic E-state index is 1.05. The molecule has 0 aliphatic carbocycles. The molecule has 0 amide bonds. The molecule has 2 heteroatoms. The molecule has 0 spiro atoms. The van der Waals surface area contributed by atoms with Gasteiger partial charge in [-0.05, 0) is 23.9 Å². The van der Waals surface area contributed by atoms with Crippen LogP contribution in [0.3, 0.4) is 0 Å². The van der Waals surface area contributed by atoms with Crippen LogP contribution in [0.4, 0.5) is 0 Å². The van der Waals surface area contributed by atoms with Crippen molar-refractivity contribution in [1.82, 2.24) is 0 Å². The molecule has 0 unspecified atom stereocenters. The first-order valence-electron chi connectivity index (χ1n) is 3.19. The maximum Gasteiger partial charge on any atom is 0.0267 e. The van der Waals surface area contributed by atoms with Crippen molar-refractivity contribution in [2.45, 2.75) is 6.42 Å². The van der Waals surface area contributed by atoms with Crippen LogP contribution in [0.2, 0.25) is 0 Å². The number of rotatable bonds is 3. The highest BCUT2D eigenvalue weighted by molar-refractivity contribution is 9.09. The van der Waals surface area contributed by atoms with E-state index in [2.05, 4.69) is 45.6 Å². The van der Waals surface area contributed by atoms with Gasteiger partial charge in [-0.2, -0.15) is 0 Å². The van der Waals surface area contributed by atoms with Gasteiger partial charge in [-0.15, -0.1) is 11.3 Å². The summed E-state index contributed by atoms with van der Waals surface area (Å²) in [4.78, 5) is 1.33. The molecule has 0 fully saturated rings. The van der Waals surface area contributed by atoms with E-state index in [0.717, 1.165) is 11.8 Å². The molecule has 0 aliphatic heterocycles. The predicted molar refractivity (Wildman–Crippen MR) is 51.8 cm³/mol. The van der Waals surface area contributed by atoms with Crippen LogP contribution in [0.5, 0.6) is 0 Å². The number of thiophene rings is 1. The van der Waals surface area contributed by atoms with Gasteiger partial charge in [0, 0.05) is 10.2 Å². The quantitative estimate of drug-likeness (QED) is 0.679. The van der Waals surface area contributed by atoms with E-state index in [0.29, 0.717) is 0 Å². The van der Waals surface area contributed by atoms with Crippen LogP contribution in [0.25, 0.3) is 6.08 Å². The fraction of sp³-hybridized carbons (Fsp3) is 0.250. The third kappa shape index (κ3) is 2.67. The average Bonchev–Trinajstić information content (AvgIpc) is 2.41. The van der Waals surface area contributed by atoms with Crippen LogP contribution in [0.1, 0.15) is 11.3 Å². The van der Waals surface area contributed by atoms with Crippen LogP contribution in [-0.2, 0) is 0 Å². The Labute approximate surface area is 73.7 Å². The van der Waals surface area contributed by atoms with E-state index < -0.39 is 0 Å². The van der Waals surface area contributed by atoms with Crippen LogP contribution >= 0.6 is 27.3 Å². The Bertz CT molecular complexity index is 189. The Morgan fingerprint density at radius 2 is 2.50 bits per heavy atom. The third-order valence-electron chi connectivity index (χ3n) is 1.10. The molecule has 0 aromatic carbocycles. The lowest BCUT2D eigenvalue weighted by Gasteiger charge is -1.82. The van der Waals surface area contributed by atoms with Crippen molar-refractivity contribution in [3.63, 3.8) is 0 Å². The smallest absolute Gasteiger partial charge is 0.0267 e. The summed E-state index contributed by atoms with van der Waals surface area (Å²) in [5.41, 5.74) is 0. The van der Waals surface area contributed by atoms with Crippen LogP contribution in [0, 0.1) is 0 Å². The average molecular weight is 217 g/mol. The molecule has 0 nitrogen and oxygen atoms in total. The van der Waals surface area contributed by atoms with Crippen molar-refractivity contribution in [2.75, 3.05) is 5.33 Å². The number of allylic oxidation sites excluding steroid dienone is 1. The summed E-state index contributed by atoms with van der Waals surface area (Å²) < 4.78 is 0. The first-order chi connectivity index (χ1) is 4.93. The molecular formula is C8H9BrS. The number of hydrogen-bond acceptors (Lipinski definition) is 1. The van der Waals surface area contributed by atoms with Crippen molar-refractivity contribution in [1.29, 1.82) is 0 Å². The van der Waals surface area contributed by atoms with Crippen molar-refractivity contribution >= 4 is 33.3 Å². The van der Waals surface area contributed by atoms with Gasteiger partial charge < -0.3 is 0 Å². The molecule has 1 rings (SSSR count). The summed E-state index contributed by atoms with van der Waals surface area (Å²) in [6, 6.07) is 4.19. The topological polar surface area (TPSA) is 0 Å². The molecule has 10 heavy (non-hydrogen) atoms. The van der Waals surface area contributed by atoms with E-state index in [1.165, 1.54) is 4.88 Å². The molecule has 0 atom stereocenters. The van der Waals surface area contributed by atoms with Gasteiger partial charge in [-0.3, -0.25) is 0 Å². The van der Waals surface area contributed by atoms with Crippen molar-refractivity contribution in [3.05, 3.63) is 28.5 Å². The summed E-state index contributed by atoms with van der Waals surface area (Å²) >= 11 is 5.14. The van der Waals surface area contributed by atoms with E-state index in [-0.39, 0.29) is 0 Å². The summed E-state index contributed by atoms with van der Waals surface area (Å²) in [5.74, 6) is 0. The van der Waals surface area contributed by atoms with Gasteiger partial charge in [-0.1, -0.05) is 28.1 Å². The Balaban J connectivity index is 2.40. The number of halogens is 1. The lowest BCUT2D eigenvalue weighted by atomic mass is 10.4. The molecule has 0 saturated heterocycles. The zero-order valence-corrected chi connectivity index (χ0v) is 7.99. The van der Waals surface area contributed by atoms with Crippen molar-refractivity contribution < 1.29 is 0 Å². The lowest BCUT2D eigenvalue weighted by Crippen LogP contribution is -1.64. The zero-order valence-electron chi connectivity index (χ0n) is 5.59. The van der Waals surface area contributed by atoms with E-state index in [4.69, 9.17) is 0 Å². The summed E-state index contributed by atoms with van der Waals surface area (Å²) in [6.07, 6.45) is 5.45. The van der Waals surface area contributed by atoms with E-state index in [1.54, 1.807) is 11.3 Å².